The first-order valence-electron chi connectivity index (χ1n) is 7.05. The van der Waals surface area contributed by atoms with Crippen molar-refractivity contribution >= 4 is 33.2 Å². The molecule has 1 aromatic carbocycles. The fraction of sp³-hybridized carbons (Fsp3) is 0.231. The Morgan fingerprint density at radius 1 is 1.27 bits per heavy atom. The summed E-state index contributed by atoms with van der Waals surface area (Å²) in [6.07, 6.45) is 0. The Balaban J connectivity index is 1.51. The number of tetrazole rings is 1. The van der Waals surface area contributed by atoms with Crippen LogP contribution in [0, 0.1) is 5.82 Å². The Labute approximate surface area is 157 Å². The number of nitrogens with zero attached hydrogens (tertiary/aromatic N) is 6. The maximum Gasteiger partial charge on any atom is 0.327 e. The lowest BCUT2D eigenvalue weighted by Gasteiger charge is -2.08. The van der Waals surface area contributed by atoms with Gasteiger partial charge in [-0.2, -0.15) is 4.80 Å². The molecule has 0 saturated carbocycles. The van der Waals surface area contributed by atoms with Crippen molar-refractivity contribution < 1.29 is 23.8 Å². The van der Waals surface area contributed by atoms with E-state index in [2.05, 4.69) is 41.5 Å². The molecule has 10 nitrogen and oxygen atoms in total. The van der Waals surface area contributed by atoms with Crippen LogP contribution in [-0.2, 0) is 11.3 Å². The van der Waals surface area contributed by atoms with E-state index in [0.29, 0.717) is 15.2 Å². The summed E-state index contributed by atoms with van der Waals surface area (Å²) in [5.74, 6) is -0.967. The smallest absolute Gasteiger partial charge is 0.327 e. The van der Waals surface area contributed by atoms with Crippen molar-refractivity contribution in [2.24, 2.45) is 0 Å². The number of carbonyl (C=O) groups is 1. The average Bonchev–Trinajstić information content (AvgIpc) is 3.23. The van der Waals surface area contributed by atoms with Gasteiger partial charge < -0.3 is 14.6 Å². The molecule has 26 heavy (non-hydrogen) atoms. The van der Waals surface area contributed by atoms with Gasteiger partial charge in [0.15, 0.2) is 11.6 Å². The van der Waals surface area contributed by atoms with Crippen molar-refractivity contribution in [2.45, 2.75) is 6.54 Å². The lowest BCUT2D eigenvalue weighted by Crippen LogP contribution is -2.11. The highest BCUT2D eigenvalue weighted by atomic mass is 79.9. The van der Waals surface area contributed by atoms with Crippen LogP contribution in [0.2, 0.25) is 0 Å². The lowest BCUT2D eigenvalue weighted by molar-refractivity contribution is -0.138. The van der Waals surface area contributed by atoms with Gasteiger partial charge >= 0.3 is 5.97 Å². The van der Waals surface area contributed by atoms with Crippen LogP contribution in [0.1, 0.15) is 0 Å². The van der Waals surface area contributed by atoms with E-state index in [9.17, 15) is 9.18 Å². The van der Waals surface area contributed by atoms with Gasteiger partial charge in [0.1, 0.15) is 24.8 Å². The zero-order valence-electron chi connectivity index (χ0n) is 12.9. The van der Waals surface area contributed by atoms with Crippen LogP contribution in [0.25, 0.3) is 10.8 Å². The maximum absolute atomic E-state index is 13.2. The first kappa shape index (κ1) is 18.1. The Hall–Kier alpha value is -2.67. The summed E-state index contributed by atoms with van der Waals surface area (Å²) in [6.45, 7) is -0.0666. The van der Waals surface area contributed by atoms with Gasteiger partial charge in [-0.15, -0.1) is 15.3 Å². The zero-order chi connectivity index (χ0) is 18.5. The van der Waals surface area contributed by atoms with Gasteiger partial charge in [0.2, 0.25) is 5.82 Å². The fourth-order valence-corrected chi connectivity index (χ4v) is 2.75. The first-order chi connectivity index (χ1) is 12.5. The topological polar surface area (TPSA) is 125 Å². The molecule has 0 saturated heterocycles. The minimum absolute atomic E-state index is 0.151. The number of halogens is 2. The predicted molar refractivity (Wildman–Crippen MR) is 89.4 cm³/mol. The minimum atomic E-state index is -1.08. The molecule has 136 valence electrons. The molecule has 3 rings (SSSR count). The lowest BCUT2D eigenvalue weighted by atomic mass is 10.3. The molecule has 0 unspecified atom stereocenters. The standard InChI is InChI=1S/C13H10BrFN6O4S/c14-8-2-1-7(15)5-9(8)24-3-4-25-13-18-17-12(26-13)11-16-20-21(19-11)6-10(22)23/h1-2,5H,3-4,6H2,(H,22,23). The van der Waals surface area contributed by atoms with Crippen LogP contribution >= 0.6 is 27.3 Å². The molecule has 0 fully saturated rings. The highest BCUT2D eigenvalue weighted by Crippen LogP contribution is 2.26. The van der Waals surface area contributed by atoms with Gasteiger partial charge in [-0.05, 0) is 33.3 Å². The van der Waals surface area contributed by atoms with Crippen molar-refractivity contribution in [3.05, 3.63) is 28.5 Å². The SMILES string of the molecule is O=C(O)Cn1nnc(-c2nnc(OCCOc3cc(F)ccc3Br)s2)n1. The van der Waals surface area contributed by atoms with Crippen LogP contribution in [0.3, 0.4) is 0 Å². The molecule has 2 heterocycles. The number of aromatic nitrogens is 6. The molecule has 0 atom stereocenters. The number of carboxylic acids is 1. The molecular weight excluding hydrogens is 435 g/mol. The number of hydrogen-bond donors (Lipinski definition) is 1. The number of hydrogen-bond acceptors (Lipinski definition) is 9. The number of benzene rings is 1. The van der Waals surface area contributed by atoms with Gasteiger partial charge in [0.05, 0.1) is 4.47 Å². The normalized spacial score (nSPS) is 10.7. The van der Waals surface area contributed by atoms with Crippen molar-refractivity contribution in [1.82, 2.24) is 30.4 Å². The van der Waals surface area contributed by atoms with Crippen LogP contribution in [0.4, 0.5) is 4.39 Å². The van der Waals surface area contributed by atoms with E-state index in [1.54, 1.807) is 6.07 Å². The molecule has 1 N–H and O–H groups in total. The summed E-state index contributed by atoms with van der Waals surface area (Å²) in [4.78, 5) is 11.5. The van der Waals surface area contributed by atoms with E-state index in [-0.39, 0.29) is 24.2 Å². The summed E-state index contributed by atoms with van der Waals surface area (Å²) in [6, 6.07) is 4.13. The maximum atomic E-state index is 13.2. The van der Waals surface area contributed by atoms with E-state index in [1.165, 1.54) is 12.1 Å². The highest BCUT2D eigenvalue weighted by molar-refractivity contribution is 9.10. The number of carboxylic acid groups (broad SMARTS) is 1. The molecule has 3 aromatic rings. The highest BCUT2D eigenvalue weighted by Gasteiger charge is 2.14. The number of ether oxygens (including phenoxy) is 2. The van der Waals surface area contributed by atoms with Crippen LogP contribution < -0.4 is 9.47 Å². The third kappa shape index (κ3) is 4.70. The Kier molecular flexibility index (Phi) is 5.68. The first-order valence-corrected chi connectivity index (χ1v) is 8.66. The molecule has 0 aliphatic carbocycles. The van der Waals surface area contributed by atoms with Gasteiger partial charge in [-0.25, -0.2) is 4.39 Å². The van der Waals surface area contributed by atoms with E-state index in [0.717, 1.165) is 16.1 Å². The molecule has 0 amide bonds. The molecule has 0 spiro atoms. The van der Waals surface area contributed by atoms with Crippen LogP contribution in [0.5, 0.6) is 10.9 Å². The van der Waals surface area contributed by atoms with Crippen molar-refractivity contribution in [2.75, 3.05) is 13.2 Å². The molecule has 0 bridgehead atoms. The average molecular weight is 445 g/mol. The molecule has 0 aliphatic rings. The largest absolute Gasteiger partial charge is 0.489 e. The Morgan fingerprint density at radius 2 is 2.08 bits per heavy atom. The van der Waals surface area contributed by atoms with E-state index in [1.807, 2.05) is 0 Å². The van der Waals surface area contributed by atoms with Crippen molar-refractivity contribution in [1.29, 1.82) is 0 Å². The number of aliphatic carboxylic acids is 1. The molecule has 13 heteroatoms. The van der Waals surface area contributed by atoms with E-state index in [4.69, 9.17) is 14.6 Å². The van der Waals surface area contributed by atoms with Crippen LogP contribution in [0.15, 0.2) is 22.7 Å². The second kappa shape index (κ2) is 8.14. The van der Waals surface area contributed by atoms with Gasteiger partial charge in [0.25, 0.3) is 5.19 Å². The molecule has 0 radical (unpaired) electrons. The summed E-state index contributed by atoms with van der Waals surface area (Å²) in [5.41, 5.74) is 0. The third-order valence-electron chi connectivity index (χ3n) is 2.79. The monoisotopic (exact) mass is 444 g/mol. The molecule has 0 aliphatic heterocycles. The van der Waals surface area contributed by atoms with Crippen LogP contribution in [-0.4, -0.2) is 54.7 Å². The summed E-state index contributed by atoms with van der Waals surface area (Å²) in [5, 5.41) is 28.2. The quantitative estimate of drug-likeness (QED) is 0.515. The van der Waals surface area contributed by atoms with Gasteiger partial charge in [-0.1, -0.05) is 16.4 Å². The summed E-state index contributed by atoms with van der Waals surface area (Å²) >= 11 is 4.34. The number of rotatable bonds is 8. The summed E-state index contributed by atoms with van der Waals surface area (Å²) < 4.78 is 24.6. The zero-order valence-corrected chi connectivity index (χ0v) is 15.3. The van der Waals surface area contributed by atoms with Gasteiger partial charge in [0, 0.05) is 6.07 Å². The van der Waals surface area contributed by atoms with E-state index >= 15 is 0 Å². The van der Waals surface area contributed by atoms with Crippen molar-refractivity contribution in [3.8, 4) is 21.8 Å². The fourth-order valence-electron chi connectivity index (χ4n) is 1.74. The Morgan fingerprint density at radius 3 is 2.88 bits per heavy atom. The second-order valence-electron chi connectivity index (χ2n) is 4.68. The molecular formula is C13H10BrFN6O4S. The Bertz CT molecular complexity index is 920. The second-order valence-corrected chi connectivity index (χ2v) is 6.48. The molecule has 2 aromatic heterocycles. The minimum Gasteiger partial charge on any atom is -0.489 e. The predicted octanol–water partition coefficient (Wildman–Crippen LogP) is 1.64. The summed E-state index contributed by atoms with van der Waals surface area (Å²) in [7, 11) is 0. The third-order valence-corrected chi connectivity index (χ3v) is 4.27. The van der Waals surface area contributed by atoms with E-state index < -0.39 is 18.3 Å². The van der Waals surface area contributed by atoms with Crippen molar-refractivity contribution in [3.63, 3.8) is 0 Å². The van der Waals surface area contributed by atoms with Gasteiger partial charge in [-0.3, -0.25) is 4.79 Å².